The van der Waals surface area contributed by atoms with Crippen molar-refractivity contribution < 1.29 is 19.2 Å². The third-order valence-corrected chi connectivity index (χ3v) is 12.2. The van der Waals surface area contributed by atoms with E-state index in [1.165, 1.54) is 0 Å². The van der Waals surface area contributed by atoms with E-state index in [2.05, 4.69) is 42.6 Å². The summed E-state index contributed by atoms with van der Waals surface area (Å²) in [4.78, 5) is 74.1. The molecule has 0 radical (unpaired) electrons. The van der Waals surface area contributed by atoms with Crippen LogP contribution < -0.4 is 15.5 Å². The highest BCUT2D eigenvalue weighted by atomic mass is 16.2. The molecule has 14 heteroatoms. The highest BCUT2D eigenvalue weighted by molar-refractivity contribution is 6.23. The molecule has 4 amide bonds. The number of carbonyl (C=O) groups is 4. The van der Waals surface area contributed by atoms with Gasteiger partial charge in [0.25, 0.3) is 17.7 Å². The molecule has 2 N–H and O–H groups in total. The van der Waals surface area contributed by atoms with E-state index in [0.29, 0.717) is 47.1 Å². The largest absolute Gasteiger partial charge is 0.368 e. The molecule has 4 aliphatic rings. The molecule has 3 aliphatic heterocycles. The summed E-state index contributed by atoms with van der Waals surface area (Å²) in [5.41, 5.74) is 4.92. The SMILES string of the molecule is C=C1CCC(N2C(=O)c3cccc(CCCCCCCN4CCN(c5ccc(Nc6ncc7cc(C(=O)N(C)C)n(C8CCCC8)c7n6)nc5)CC4)c3C2=O)C(=O)N1. The first-order valence-corrected chi connectivity index (χ1v) is 20.9. The van der Waals surface area contributed by atoms with Gasteiger partial charge in [0.05, 0.1) is 23.0 Å². The lowest BCUT2D eigenvalue weighted by Crippen LogP contribution is -2.51. The fraction of sp³-hybridized carbons (Fsp3) is 0.477. The third kappa shape index (κ3) is 8.07. The number of nitrogens with zero attached hydrogens (tertiary/aromatic N) is 8. The van der Waals surface area contributed by atoms with Gasteiger partial charge in [-0.1, -0.05) is 50.8 Å². The zero-order valence-corrected chi connectivity index (χ0v) is 33.7. The van der Waals surface area contributed by atoms with Crippen molar-refractivity contribution in [2.75, 3.05) is 57.0 Å². The second-order valence-corrected chi connectivity index (χ2v) is 16.4. The van der Waals surface area contributed by atoms with Crippen LogP contribution in [0.2, 0.25) is 0 Å². The van der Waals surface area contributed by atoms with Crippen LogP contribution in [0, 0.1) is 0 Å². The van der Waals surface area contributed by atoms with Gasteiger partial charge in [-0.05, 0) is 81.3 Å². The Kier molecular flexibility index (Phi) is 11.5. The normalized spacial score (nSPS) is 19.0. The summed E-state index contributed by atoms with van der Waals surface area (Å²) in [6.07, 6.45) is 15.2. The summed E-state index contributed by atoms with van der Waals surface area (Å²) in [6.45, 7) is 8.79. The van der Waals surface area contributed by atoms with Gasteiger partial charge in [-0.25, -0.2) is 9.97 Å². The van der Waals surface area contributed by atoms with Gasteiger partial charge in [0.15, 0.2) is 0 Å². The summed E-state index contributed by atoms with van der Waals surface area (Å²) in [5.74, 6) is 0.0393. The maximum absolute atomic E-state index is 13.4. The number of piperidine rings is 1. The summed E-state index contributed by atoms with van der Waals surface area (Å²) < 4.78 is 2.12. The molecule has 304 valence electrons. The van der Waals surface area contributed by atoms with Crippen molar-refractivity contribution in [3.8, 4) is 0 Å². The van der Waals surface area contributed by atoms with Crippen LogP contribution in [0.4, 0.5) is 17.5 Å². The molecule has 1 aromatic carbocycles. The number of aromatic nitrogens is 4. The molecule has 4 aromatic rings. The van der Waals surface area contributed by atoms with Gasteiger partial charge in [-0.2, -0.15) is 4.98 Å². The van der Waals surface area contributed by atoms with Crippen molar-refractivity contribution in [3.63, 3.8) is 0 Å². The number of carbonyl (C=O) groups excluding carboxylic acids is 4. The summed E-state index contributed by atoms with van der Waals surface area (Å²) in [5, 5.41) is 6.84. The molecule has 1 aliphatic carbocycles. The average Bonchev–Trinajstić information content (AvgIpc) is 3.95. The first-order chi connectivity index (χ1) is 28.2. The van der Waals surface area contributed by atoms with Crippen LogP contribution in [0.3, 0.4) is 0 Å². The number of benzene rings is 1. The Balaban J connectivity index is 0.762. The molecule has 1 atom stereocenters. The van der Waals surface area contributed by atoms with Crippen LogP contribution in [0.15, 0.2) is 61.1 Å². The van der Waals surface area contributed by atoms with Crippen molar-refractivity contribution in [3.05, 3.63) is 83.5 Å². The molecule has 1 saturated carbocycles. The summed E-state index contributed by atoms with van der Waals surface area (Å²) in [7, 11) is 3.56. The Hall–Kier alpha value is -5.63. The minimum absolute atomic E-state index is 0.0246. The molecular formula is C44H54N10O4. The van der Waals surface area contributed by atoms with E-state index in [9.17, 15) is 19.2 Å². The van der Waals surface area contributed by atoms with Crippen LogP contribution in [0.5, 0.6) is 0 Å². The van der Waals surface area contributed by atoms with Crippen molar-refractivity contribution in [2.45, 2.75) is 89.1 Å². The number of nitrogens with one attached hydrogen (secondary N) is 2. The average molecular weight is 787 g/mol. The number of anilines is 3. The van der Waals surface area contributed by atoms with Crippen molar-refractivity contribution in [2.24, 2.45) is 0 Å². The Morgan fingerprint density at radius 3 is 2.43 bits per heavy atom. The monoisotopic (exact) mass is 786 g/mol. The Bertz CT molecular complexity index is 2200. The lowest BCUT2D eigenvalue weighted by Gasteiger charge is -2.36. The van der Waals surface area contributed by atoms with Crippen molar-refractivity contribution in [1.29, 1.82) is 0 Å². The van der Waals surface area contributed by atoms with Crippen molar-refractivity contribution >= 4 is 52.1 Å². The van der Waals surface area contributed by atoms with E-state index in [4.69, 9.17) is 9.97 Å². The number of aryl methyl sites for hydroxylation is 1. The maximum Gasteiger partial charge on any atom is 0.270 e. The number of amides is 4. The molecular weight excluding hydrogens is 733 g/mol. The summed E-state index contributed by atoms with van der Waals surface area (Å²) in [6, 6.07) is 10.9. The first-order valence-electron chi connectivity index (χ1n) is 20.9. The number of hydrogen-bond acceptors (Lipinski definition) is 10. The van der Waals surface area contributed by atoms with Crippen LogP contribution in [0.25, 0.3) is 11.0 Å². The fourth-order valence-electron chi connectivity index (χ4n) is 9.04. The molecule has 0 bridgehead atoms. The molecule has 1 unspecified atom stereocenters. The quantitative estimate of drug-likeness (QED) is 0.114. The van der Waals surface area contributed by atoms with E-state index in [-0.39, 0.29) is 29.7 Å². The Morgan fingerprint density at radius 2 is 1.69 bits per heavy atom. The number of imide groups is 1. The van der Waals surface area contributed by atoms with E-state index in [0.717, 1.165) is 124 Å². The molecule has 14 nitrogen and oxygen atoms in total. The number of fused-ring (bicyclic) bond motifs is 2. The smallest absolute Gasteiger partial charge is 0.270 e. The van der Waals surface area contributed by atoms with Crippen molar-refractivity contribution in [1.82, 2.24) is 39.5 Å². The standard InChI is InChI=1S/C44H54N10O4/c1-29-17-19-35(40(55)47-29)54-41(56)34-16-11-13-30(38(34)43(54)58)12-7-5-4-6-10-21-51-22-24-52(25-23-51)33-18-20-37(45-28-33)48-44-46-27-31-26-36(42(57)50(2)3)53(39(31)49-44)32-14-8-9-15-32/h11,13,16,18,20,26-28,32,35H,1,4-10,12,14-15,17,19,21-25H2,2-3H3,(H,47,55)(H,45,46,48,49). The Morgan fingerprint density at radius 1 is 0.914 bits per heavy atom. The van der Waals surface area contributed by atoms with Gasteiger partial charge in [0.1, 0.15) is 23.2 Å². The van der Waals surface area contributed by atoms with Gasteiger partial charge < -0.3 is 25.0 Å². The summed E-state index contributed by atoms with van der Waals surface area (Å²) >= 11 is 0. The highest BCUT2D eigenvalue weighted by Crippen LogP contribution is 2.35. The topological polar surface area (TPSA) is 149 Å². The predicted molar refractivity (Wildman–Crippen MR) is 223 cm³/mol. The minimum Gasteiger partial charge on any atom is -0.368 e. The first kappa shape index (κ1) is 39.2. The van der Waals surface area contributed by atoms with E-state index in [1.807, 2.05) is 30.5 Å². The lowest BCUT2D eigenvalue weighted by molar-refractivity contribution is -0.125. The number of allylic oxidation sites excluding steroid dienone is 1. The zero-order valence-electron chi connectivity index (χ0n) is 33.7. The highest BCUT2D eigenvalue weighted by Gasteiger charge is 2.44. The van der Waals surface area contributed by atoms with Gasteiger partial charge in [0, 0.05) is 63.6 Å². The van der Waals surface area contributed by atoms with E-state index in [1.54, 1.807) is 31.3 Å². The number of hydrogen-bond donors (Lipinski definition) is 2. The number of unbranched alkanes of at least 4 members (excludes halogenated alkanes) is 4. The molecule has 3 aromatic heterocycles. The minimum atomic E-state index is -0.789. The number of pyridine rings is 1. The maximum atomic E-state index is 13.4. The molecule has 8 rings (SSSR count). The molecule has 58 heavy (non-hydrogen) atoms. The van der Waals surface area contributed by atoms with Gasteiger partial charge >= 0.3 is 0 Å². The number of piperazine rings is 1. The van der Waals surface area contributed by atoms with E-state index >= 15 is 0 Å². The lowest BCUT2D eigenvalue weighted by atomic mass is 9.97. The second-order valence-electron chi connectivity index (χ2n) is 16.4. The molecule has 6 heterocycles. The predicted octanol–water partition coefficient (Wildman–Crippen LogP) is 6.09. The Labute approximate surface area is 339 Å². The van der Waals surface area contributed by atoms with Gasteiger partial charge in [-0.15, -0.1) is 0 Å². The van der Waals surface area contributed by atoms with Gasteiger partial charge in [-0.3, -0.25) is 29.0 Å². The molecule has 2 saturated heterocycles. The third-order valence-electron chi connectivity index (χ3n) is 12.2. The van der Waals surface area contributed by atoms with Crippen LogP contribution >= 0.6 is 0 Å². The van der Waals surface area contributed by atoms with Crippen LogP contribution in [-0.4, -0.2) is 111 Å². The van der Waals surface area contributed by atoms with Crippen LogP contribution in [-0.2, 0) is 11.2 Å². The zero-order chi connectivity index (χ0) is 40.3. The number of rotatable bonds is 14. The second kappa shape index (κ2) is 17.1. The van der Waals surface area contributed by atoms with Gasteiger partial charge in [0.2, 0.25) is 11.9 Å². The molecule has 0 spiro atoms. The molecule has 3 fully saturated rings. The van der Waals surface area contributed by atoms with Crippen LogP contribution in [0.1, 0.15) is 113 Å². The fourth-order valence-corrected chi connectivity index (χ4v) is 9.04. The van der Waals surface area contributed by atoms with E-state index < -0.39 is 6.04 Å².